The topological polar surface area (TPSA) is 103 Å². The molecule has 0 aromatic carbocycles. The summed E-state index contributed by atoms with van der Waals surface area (Å²) in [6.45, 7) is 8.85. The zero-order valence-electron chi connectivity index (χ0n) is 13.6. The molecule has 0 unspecified atom stereocenters. The minimum atomic E-state index is -3.75. The summed E-state index contributed by atoms with van der Waals surface area (Å²) in [7, 11) is -2.03. The molecular weight excluding hydrogens is 306 g/mol. The highest BCUT2D eigenvalue weighted by atomic mass is 32.2. The van der Waals surface area contributed by atoms with Crippen LogP contribution in [-0.2, 0) is 17.1 Å². The molecule has 0 radical (unpaired) electrons. The fourth-order valence-corrected chi connectivity index (χ4v) is 4.06. The second-order valence-corrected chi connectivity index (χ2v) is 7.30. The zero-order valence-corrected chi connectivity index (χ0v) is 14.4. The van der Waals surface area contributed by atoms with E-state index in [1.807, 2.05) is 13.8 Å². The first-order valence-corrected chi connectivity index (χ1v) is 8.44. The molecule has 0 spiro atoms. The van der Waals surface area contributed by atoms with Crippen LogP contribution in [0.2, 0.25) is 0 Å². The minimum Gasteiger partial charge on any atom is -0.338 e. The first-order valence-electron chi connectivity index (χ1n) is 6.96. The van der Waals surface area contributed by atoms with Gasteiger partial charge in [-0.05, 0) is 26.7 Å². The third-order valence-electron chi connectivity index (χ3n) is 3.47. The smallest absolute Gasteiger partial charge is 0.245 e. The van der Waals surface area contributed by atoms with Gasteiger partial charge in [0.25, 0.3) is 0 Å². The van der Waals surface area contributed by atoms with E-state index < -0.39 is 16.1 Å². The Morgan fingerprint density at radius 1 is 1.23 bits per heavy atom. The second kappa shape index (κ2) is 5.81. The molecule has 0 saturated heterocycles. The lowest BCUT2D eigenvalue weighted by Gasteiger charge is -2.18. The second-order valence-electron chi connectivity index (χ2n) is 5.65. The molecule has 0 saturated carbocycles. The third-order valence-corrected chi connectivity index (χ3v) is 5.16. The number of hydrogen-bond donors (Lipinski definition) is 1. The van der Waals surface area contributed by atoms with Crippen LogP contribution in [0.5, 0.6) is 0 Å². The van der Waals surface area contributed by atoms with Crippen LogP contribution < -0.4 is 4.72 Å². The Labute approximate surface area is 130 Å². The van der Waals surface area contributed by atoms with E-state index in [9.17, 15) is 8.42 Å². The number of sulfonamides is 1. The molecule has 2 aromatic rings. The third kappa shape index (κ3) is 3.05. The number of rotatable bonds is 5. The maximum atomic E-state index is 12.7. The molecule has 1 atom stereocenters. The van der Waals surface area contributed by atoms with Crippen LogP contribution in [0, 0.1) is 26.7 Å². The van der Waals surface area contributed by atoms with Gasteiger partial charge in [-0.2, -0.15) is 14.8 Å². The molecule has 1 N–H and O–H groups in total. The van der Waals surface area contributed by atoms with Gasteiger partial charge in [-0.15, -0.1) is 0 Å². The number of aromatic nitrogens is 4. The number of nitrogens with zero attached hydrogens (tertiary/aromatic N) is 4. The van der Waals surface area contributed by atoms with Crippen molar-refractivity contribution in [3.63, 3.8) is 0 Å². The van der Waals surface area contributed by atoms with Crippen LogP contribution in [0.4, 0.5) is 0 Å². The summed E-state index contributed by atoms with van der Waals surface area (Å²) in [4.78, 5) is 4.33. The van der Waals surface area contributed by atoms with Gasteiger partial charge in [0.1, 0.15) is 10.9 Å². The van der Waals surface area contributed by atoms with Gasteiger partial charge in [0.2, 0.25) is 15.9 Å². The van der Waals surface area contributed by atoms with Gasteiger partial charge >= 0.3 is 0 Å². The van der Waals surface area contributed by atoms with Crippen LogP contribution >= 0.6 is 0 Å². The molecule has 0 fully saturated rings. The average molecular weight is 327 g/mol. The average Bonchev–Trinajstić information content (AvgIpc) is 2.91. The van der Waals surface area contributed by atoms with Crippen LogP contribution in [0.25, 0.3) is 0 Å². The molecule has 0 aliphatic rings. The van der Waals surface area contributed by atoms with E-state index >= 15 is 0 Å². The molecule has 0 bridgehead atoms. The largest absolute Gasteiger partial charge is 0.338 e. The quantitative estimate of drug-likeness (QED) is 0.890. The van der Waals surface area contributed by atoms with E-state index in [2.05, 4.69) is 20.0 Å². The van der Waals surface area contributed by atoms with E-state index in [1.54, 1.807) is 32.5 Å². The van der Waals surface area contributed by atoms with Crippen molar-refractivity contribution in [2.75, 3.05) is 0 Å². The molecule has 0 aliphatic carbocycles. The monoisotopic (exact) mass is 327 g/mol. The van der Waals surface area contributed by atoms with Crippen molar-refractivity contribution in [1.82, 2.24) is 24.6 Å². The van der Waals surface area contributed by atoms with Crippen molar-refractivity contribution >= 4 is 10.0 Å². The summed E-state index contributed by atoms with van der Waals surface area (Å²) < 4.78 is 34.8. The van der Waals surface area contributed by atoms with E-state index in [-0.39, 0.29) is 16.7 Å². The fraction of sp³-hybridized carbons (Fsp3) is 0.615. The Kier molecular flexibility index (Phi) is 4.39. The lowest BCUT2D eigenvalue weighted by molar-refractivity contribution is 0.309. The molecule has 22 heavy (non-hydrogen) atoms. The Hall–Kier alpha value is -1.74. The van der Waals surface area contributed by atoms with Gasteiger partial charge in [-0.25, -0.2) is 8.42 Å². The molecule has 9 heteroatoms. The van der Waals surface area contributed by atoms with E-state index in [1.165, 1.54) is 0 Å². The number of hydrogen-bond acceptors (Lipinski definition) is 6. The minimum absolute atomic E-state index is 0.0492. The first-order chi connectivity index (χ1) is 10.1. The fourth-order valence-electron chi connectivity index (χ4n) is 2.28. The summed E-state index contributed by atoms with van der Waals surface area (Å²) in [6, 6.07) is -0.592. The van der Waals surface area contributed by atoms with Gasteiger partial charge in [0, 0.05) is 7.05 Å². The van der Waals surface area contributed by atoms with Crippen molar-refractivity contribution in [3.05, 3.63) is 23.1 Å². The Balaban J connectivity index is 2.41. The lowest BCUT2D eigenvalue weighted by Crippen LogP contribution is -2.32. The van der Waals surface area contributed by atoms with Crippen molar-refractivity contribution < 1.29 is 12.9 Å². The van der Waals surface area contributed by atoms with Gasteiger partial charge in [-0.3, -0.25) is 4.68 Å². The Morgan fingerprint density at radius 2 is 1.86 bits per heavy atom. The highest BCUT2D eigenvalue weighted by Gasteiger charge is 2.31. The predicted octanol–water partition coefficient (Wildman–Crippen LogP) is 1.40. The lowest BCUT2D eigenvalue weighted by atomic mass is 10.1. The number of nitrogens with one attached hydrogen (secondary N) is 1. The summed E-state index contributed by atoms with van der Waals surface area (Å²) in [5.41, 5.74) is 1.03. The van der Waals surface area contributed by atoms with Crippen LogP contribution in [0.1, 0.15) is 43.0 Å². The van der Waals surface area contributed by atoms with Crippen LogP contribution in [0.3, 0.4) is 0 Å². The highest BCUT2D eigenvalue weighted by molar-refractivity contribution is 7.89. The zero-order chi connectivity index (χ0) is 16.7. The summed E-state index contributed by atoms with van der Waals surface area (Å²) in [5, 5.41) is 7.88. The summed E-state index contributed by atoms with van der Waals surface area (Å²) >= 11 is 0. The Bertz CT molecular complexity index is 776. The first kappa shape index (κ1) is 16.6. The van der Waals surface area contributed by atoms with E-state index in [4.69, 9.17) is 4.52 Å². The van der Waals surface area contributed by atoms with Crippen molar-refractivity contribution in [2.24, 2.45) is 13.0 Å². The van der Waals surface area contributed by atoms with Gasteiger partial charge in [0.15, 0.2) is 5.82 Å². The summed E-state index contributed by atoms with van der Waals surface area (Å²) in [6.07, 6.45) is 0. The van der Waals surface area contributed by atoms with Crippen molar-refractivity contribution in [3.8, 4) is 0 Å². The standard InChI is InChI=1S/C13H21N5O3S/c1-7(2)11(13-14-10(5)16-21-13)17-22(19,20)12-8(3)15-18(6)9(12)4/h7,11,17H,1-6H3/t11-/m1/s1. The highest BCUT2D eigenvalue weighted by Crippen LogP contribution is 2.25. The predicted molar refractivity (Wildman–Crippen MR) is 79.6 cm³/mol. The van der Waals surface area contributed by atoms with Gasteiger partial charge in [-0.1, -0.05) is 19.0 Å². The van der Waals surface area contributed by atoms with Crippen LogP contribution in [0.15, 0.2) is 9.42 Å². The molecule has 2 rings (SSSR count). The van der Waals surface area contributed by atoms with Gasteiger partial charge < -0.3 is 4.52 Å². The SMILES string of the molecule is Cc1noc([C@H](NS(=O)(=O)c2c(C)nn(C)c2C)C(C)C)n1. The number of aryl methyl sites for hydroxylation is 3. The molecule has 0 amide bonds. The van der Waals surface area contributed by atoms with Crippen LogP contribution in [-0.4, -0.2) is 28.3 Å². The molecule has 2 heterocycles. The Morgan fingerprint density at radius 3 is 2.27 bits per heavy atom. The molecule has 8 nitrogen and oxygen atoms in total. The molecular formula is C13H21N5O3S. The maximum absolute atomic E-state index is 12.7. The van der Waals surface area contributed by atoms with E-state index in [0.717, 1.165) is 0 Å². The molecule has 0 aliphatic heterocycles. The summed E-state index contributed by atoms with van der Waals surface area (Å²) in [5.74, 6) is 0.677. The molecule has 122 valence electrons. The van der Waals surface area contributed by atoms with Crippen molar-refractivity contribution in [2.45, 2.75) is 45.6 Å². The maximum Gasteiger partial charge on any atom is 0.245 e. The van der Waals surface area contributed by atoms with E-state index in [0.29, 0.717) is 17.2 Å². The van der Waals surface area contributed by atoms with Crippen molar-refractivity contribution in [1.29, 1.82) is 0 Å². The molecule has 2 aromatic heterocycles. The van der Waals surface area contributed by atoms with Gasteiger partial charge in [0.05, 0.1) is 11.4 Å². The normalized spacial score (nSPS) is 13.8.